The van der Waals surface area contributed by atoms with E-state index >= 15 is 0 Å². The van der Waals surface area contributed by atoms with Crippen molar-refractivity contribution < 1.29 is 67.8 Å². The van der Waals surface area contributed by atoms with Gasteiger partial charge in [-0.25, -0.2) is 0 Å². The Balaban J connectivity index is 1.78. The molecule has 10 atom stereocenters. The Hall–Kier alpha value is -6.02. The molecule has 0 saturated carbocycles. The van der Waals surface area contributed by atoms with Crippen molar-refractivity contribution in [3.05, 3.63) is 23.8 Å². The van der Waals surface area contributed by atoms with Crippen LogP contribution < -0.4 is 47.7 Å². The molecule has 1 aromatic carbocycles. The molecule has 0 bridgehead atoms. The number of aliphatic hydroxyl groups excluding tert-OH is 3. The Morgan fingerprint density at radius 3 is 2.18 bits per heavy atom. The van der Waals surface area contributed by atoms with E-state index in [1.165, 1.54) is 6.26 Å². The number of hydrogen-bond acceptors (Lipinski definition) is 14. The number of hydrogen-bond donors (Lipinski definition) is 12. The number of nitrogens with two attached hydrogens (primary N) is 1. The van der Waals surface area contributed by atoms with Crippen molar-refractivity contribution in [1.29, 1.82) is 0 Å². The number of nitrogens with zero attached hydrogens (tertiary/aromatic N) is 1. The lowest BCUT2D eigenvalue weighted by molar-refractivity contribution is -0.143. The quantitative estimate of drug-likeness (QED) is 0.0803. The second-order valence-corrected chi connectivity index (χ2v) is 18.4. The van der Waals surface area contributed by atoms with Gasteiger partial charge in [0.15, 0.2) is 0 Å². The lowest BCUT2D eigenvalue weighted by Crippen LogP contribution is -2.59. The van der Waals surface area contributed by atoms with Crippen molar-refractivity contribution in [1.82, 2.24) is 47.1 Å². The van der Waals surface area contributed by atoms with Gasteiger partial charge in [0, 0.05) is 54.0 Å². The average Bonchev–Trinajstić information content (AvgIpc) is 3.86. The molecule has 68 heavy (non-hydrogen) atoms. The Kier molecular flexibility index (Phi) is 20.4. The number of fused-ring (bicyclic) bond motifs is 2. The Labute approximate surface area is 395 Å². The van der Waals surface area contributed by atoms with Gasteiger partial charge in [0.25, 0.3) is 0 Å². The Morgan fingerprint density at radius 1 is 0.882 bits per heavy atom. The van der Waals surface area contributed by atoms with Crippen molar-refractivity contribution in [2.75, 3.05) is 39.0 Å². The molecule has 3 heterocycles. The molecule has 1 aromatic heterocycles. The molecular formula is C43H64N10O14S. The number of benzene rings is 1. The van der Waals surface area contributed by atoms with Gasteiger partial charge in [0.05, 0.1) is 56.5 Å². The molecule has 25 heteroatoms. The van der Waals surface area contributed by atoms with E-state index in [-0.39, 0.29) is 24.0 Å². The summed E-state index contributed by atoms with van der Waals surface area (Å²) in [6.45, 7) is 3.86. The summed E-state index contributed by atoms with van der Waals surface area (Å²) in [6, 6.07) is -2.73. The molecule has 24 nitrogen and oxygen atoms in total. The van der Waals surface area contributed by atoms with Crippen LogP contribution in [0.3, 0.4) is 0 Å². The van der Waals surface area contributed by atoms with Crippen LogP contribution in [0, 0.1) is 5.92 Å². The number of amides is 9. The lowest BCUT2D eigenvalue weighted by atomic mass is 9.98. The summed E-state index contributed by atoms with van der Waals surface area (Å²) in [5.74, 6) is -8.60. The first-order valence-corrected chi connectivity index (χ1v) is 23.9. The average molecular weight is 977 g/mol. The molecule has 0 spiro atoms. The van der Waals surface area contributed by atoms with Gasteiger partial charge in [0.1, 0.15) is 42.2 Å². The smallest absolute Gasteiger partial charge is 0.246 e. The van der Waals surface area contributed by atoms with Gasteiger partial charge in [-0.15, -0.1) is 0 Å². The van der Waals surface area contributed by atoms with Gasteiger partial charge in [-0.1, -0.05) is 33.6 Å². The van der Waals surface area contributed by atoms with Gasteiger partial charge in [-0.2, -0.15) is 0 Å². The minimum absolute atomic E-state index is 0.120. The number of rotatable bonds is 14. The number of ether oxygens (including phenoxy) is 1. The van der Waals surface area contributed by atoms with Crippen LogP contribution >= 0.6 is 0 Å². The maximum absolute atomic E-state index is 14.3. The van der Waals surface area contributed by atoms with E-state index in [0.717, 1.165) is 17.7 Å². The van der Waals surface area contributed by atoms with Crippen LogP contribution in [-0.4, -0.2) is 170 Å². The van der Waals surface area contributed by atoms with Crippen LogP contribution in [0.5, 0.6) is 5.75 Å². The number of carbonyl (C=O) groups excluding carboxylic acids is 9. The summed E-state index contributed by atoms with van der Waals surface area (Å²) in [5, 5.41) is 48.6. The maximum Gasteiger partial charge on any atom is 0.246 e. The first-order valence-electron chi connectivity index (χ1n) is 22.4. The summed E-state index contributed by atoms with van der Waals surface area (Å²) in [7, 11) is 0. The molecule has 9 amide bonds. The topological polar surface area (TPSA) is 376 Å². The summed E-state index contributed by atoms with van der Waals surface area (Å²) in [4.78, 5) is 125. The molecule has 2 aliphatic rings. The van der Waals surface area contributed by atoms with Crippen LogP contribution in [0.4, 0.5) is 0 Å². The molecule has 2 unspecified atom stereocenters. The van der Waals surface area contributed by atoms with Crippen LogP contribution in [0.15, 0.2) is 23.2 Å². The molecule has 13 N–H and O–H groups in total. The highest BCUT2D eigenvalue weighted by Crippen LogP contribution is 2.31. The van der Waals surface area contributed by atoms with E-state index in [1.807, 2.05) is 13.8 Å². The van der Waals surface area contributed by atoms with E-state index in [9.17, 15) is 63.0 Å². The highest BCUT2D eigenvalue weighted by Gasteiger charge is 2.43. The van der Waals surface area contributed by atoms with Crippen molar-refractivity contribution in [3.8, 4) is 5.75 Å². The molecular weight excluding hydrogens is 913 g/mol. The SMILES string of the molecule is CCCC(C)Oc1ccc2c(C[C@H]3NC(=O)[C@H](C[C@@H](O)CO)NC(=O)[C@@H]4C[C@@H](O)CN4C(=O)[C@H](CC(N)=O)NC(=O)CNC(=O)CNC(=O)[C@H]([C@@H](C)CC)NC(=O)CNC3=O)c([S+](C)[O-])[nH]c2c1. The van der Waals surface area contributed by atoms with Gasteiger partial charge >= 0.3 is 0 Å². The first kappa shape index (κ1) is 54.6. The molecule has 0 aliphatic carbocycles. The molecule has 376 valence electrons. The molecule has 2 fully saturated rings. The minimum atomic E-state index is -1.74. The number of H-pyrrole nitrogens is 1. The molecule has 4 rings (SSSR count). The monoisotopic (exact) mass is 976 g/mol. The van der Waals surface area contributed by atoms with E-state index in [2.05, 4.69) is 42.2 Å². The van der Waals surface area contributed by atoms with Crippen molar-refractivity contribution in [2.45, 2.75) is 126 Å². The number of aromatic nitrogens is 1. The number of carbonyl (C=O) groups is 9. The van der Waals surface area contributed by atoms with E-state index in [0.29, 0.717) is 28.6 Å². The molecule has 2 saturated heterocycles. The fraction of sp³-hybridized carbons (Fsp3) is 0.605. The number of aliphatic hydroxyl groups is 3. The predicted molar refractivity (Wildman–Crippen MR) is 243 cm³/mol. The molecule has 0 radical (unpaired) electrons. The summed E-state index contributed by atoms with van der Waals surface area (Å²) >= 11 is -1.70. The first-order chi connectivity index (χ1) is 32.1. The van der Waals surface area contributed by atoms with Crippen molar-refractivity contribution in [2.24, 2.45) is 11.7 Å². The molecule has 2 aromatic rings. The van der Waals surface area contributed by atoms with Gasteiger partial charge in [-0.3, -0.25) is 43.2 Å². The zero-order valence-corrected chi connectivity index (χ0v) is 39.5. The summed E-state index contributed by atoms with van der Waals surface area (Å²) < 4.78 is 19.3. The van der Waals surface area contributed by atoms with Crippen LogP contribution in [0.2, 0.25) is 0 Å². The normalized spacial score (nSPS) is 25.0. The zero-order chi connectivity index (χ0) is 50.4. The Bertz CT molecular complexity index is 2170. The Morgan fingerprint density at radius 2 is 1.53 bits per heavy atom. The summed E-state index contributed by atoms with van der Waals surface area (Å²) in [5.41, 5.74) is 6.20. The van der Waals surface area contributed by atoms with Crippen LogP contribution in [-0.2, 0) is 60.7 Å². The maximum atomic E-state index is 14.3. The van der Waals surface area contributed by atoms with Crippen LogP contribution in [0.1, 0.15) is 71.8 Å². The third-order valence-corrected chi connectivity index (χ3v) is 12.5. The predicted octanol–water partition coefficient (Wildman–Crippen LogP) is -4.06. The zero-order valence-electron chi connectivity index (χ0n) is 38.7. The van der Waals surface area contributed by atoms with Gasteiger partial charge in [0.2, 0.25) is 58.2 Å². The second-order valence-electron chi connectivity index (χ2n) is 17.0. The second kappa shape index (κ2) is 25.4. The number of primary amides is 1. The minimum Gasteiger partial charge on any atom is -0.610 e. The highest BCUT2D eigenvalue weighted by atomic mass is 32.2. The standard InChI is InChI=1S/C43H64N10O14S/c1-6-8-22(4)67-25-9-10-26-27(42(68(5)66)51-28(26)13-25)14-30-38(61)46-18-36(60)52-37(21(3)7-2)41(64)47-16-34(58)45-17-35(59)48-31(15-33(44)57)43(65)53-19-23(55)12-32(53)40(63)50-29(39(62)49-30)11-24(56)20-54/h9-10,13,21-24,29-32,37,51,54-56H,6-8,11-12,14-20H2,1-5H3,(H2,44,57)(H,45,58)(H,46,61)(H,47,64)(H,48,59)(H,49,62)(H,50,63)(H,52,60)/t21-,22?,23+,24+,29-,30+,31-,32-,37-,68?/m0/s1. The molecule has 2 aliphatic heterocycles. The van der Waals surface area contributed by atoms with E-state index < -0.39 is 158 Å². The largest absolute Gasteiger partial charge is 0.610 e. The lowest BCUT2D eigenvalue weighted by Gasteiger charge is -2.30. The fourth-order valence-electron chi connectivity index (χ4n) is 7.85. The third kappa shape index (κ3) is 15.2. The third-order valence-electron chi connectivity index (χ3n) is 11.6. The van der Waals surface area contributed by atoms with Crippen molar-refractivity contribution in [3.63, 3.8) is 0 Å². The van der Waals surface area contributed by atoms with Gasteiger partial charge in [-0.05, 0) is 31.4 Å². The van der Waals surface area contributed by atoms with Gasteiger partial charge < -0.3 is 77.4 Å². The summed E-state index contributed by atoms with van der Waals surface area (Å²) in [6.07, 6.45) is -1.78. The van der Waals surface area contributed by atoms with E-state index in [4.69, 9.17) is 10.5 Å². The number of nitrogens with one attached hydrogen (secondary N) is 8. The number of aromatic amines is 1. The highest BCUT2D eigenvalue weighted by molar-refractivity contribution is 7.90. The van der Waals surface area contributed by atoms with Crippen molar-refractivity contribution >= 4 is 75.2 Å². The van der Waals surface area contributed by atoms with E-state index in [1.54, 1.807) is 32.0 Å². The van der Waals surface area contributed by atoms with Crippen LogP contribution in [0.25, 0.3) is 10.9 Å². The fourth-order valence-corrected chi connectivity index (χ4v) is 8.64.